The molecule has 6 heteroatoms. The van der Waals surface area contributed by atoms with Gasteiger partial charge in [0.05, 0.1) is 11.4 Å². The van der Waals surface area contributed by atoms with Gasteiger partial charge in [-0.15, -0.1) is 0 Å². The minimum atomic E-state index is -0.0930. The molecule has 0 atom stereocenters. The van der Waals surface area contributed by atoms with Crippen molar-refractivity contribution in [1.29, 1.82) is 0 Å². The zero-order valence-corrected chi connectivity index (χ0v) is 17.9. The number of rotatable bonds is 6. The van der Waals surface area contributed by atoms with E-state index in [2.05, 4.69) is 5.10 Å². The predicted octanol–water partition coefficient (Wildman–Crippen LogP) is 4.57. The fraction of sp³-hybridized carbons (Fsp3) is 0.217. The Kier molecular flexibility index (Phi) is 6.39. The summed E-state index contributed by atoms with van der Waals surface area (Å²) in [5.74, 6) is -0.0930. The van der Waals surface area contributed by atoms with E-state index < -0.39 is 0 Å². The van der Waals surface area contributed by atoms with E-state index in [1.54, 1.807) is 28.8 Å². The highest BCUT2D eigenvalue weighted by atomic mass is 35.5. The summed E-state index contributed by atoms with van der Waals surface area (Å²) in [6.45, 7) is 2.42. The predicted molar refractivity (Wildman–Crippen MR) is 120 cm³/mol. The van der Waals surface area contributed by atoms with Gasteiger partial charge in [0.25, 0.3) is 0 Å². The van der Waals surface area contributed by atoms with E-state index in [4.69, 9.17) is 11.6 Å². The second-order valence-corrected chi connectivity index (χ2v) is 7.48. The van der Waals surface area contributed by atoms with Crippen molar-refractivity contribution in [2.24, 2.45) is 0 Å². The minimum Gasteiger partial charge on any atom is -0.378 e. The SMILES string of the molecule is Cc1nn(-c2ccccc2)c(Cl)c1/C=C/C(=O)N(C)Cc1ccc(N(C)C)cc1. The van der Waals surface area contributed by atoms with Crippen LogP contribution in [0.3, 0.4) is 0 Å². The standard InChI is InChI=1S/C23H25ClN4O/c1-17-21(23(24)28(25-17)20-8-6-5-7-9-20)14-15-22(29)27(4)16-18-10-12-19(13-11-18)26(2)3/h5-15H,16H2,1-4H3/b15-14+. The molecule has 2 aromatic carbocycles. The number of carbonyl (C=O) groups excluding carboxylic acids is 1. The van der Waals surface area contributed by atoms with Crippen molar-refractivity contribution in [1.82, 2.24) is 14.7 Å². The summed E-state index contributed by atoms with van der Waals surface area (Å²) in [5, 5.41) is 4.98. The number of nitrogens with zero attached hydrogens (tertiary/aromatic N) is 4. The van der Waals surface area contributed by atoms with Crippen LogP contribution in [0.15, 0.2) is 60.7 Å². The van der Waals surface area contributed by atoms with Gasteiger partial charge < -0.3 is 9.80 Å². The van der Waals surface area contributed by atoms with E-state index in [-0.39, 0.29) is 5.91 Å². The molecule has 1 amide bonds. The van der Waals surface area contributed by atoms with Crippen LogP contribution in [0.25, 0.3) is 11.8 Å². The largest absolute Gasteiger partial charge is 0.378 e. The summed E-state index contributed by atoms with van der Waals surface area (Å²) in [5.41, 5.74) is 4.59. The van der Waals surface area contributed by atoms with Crippen LogP contribution in [-0.4, -0.2) is 41.7 Å². The topological polar surface area (TPSA) is 41.4 Å². The average molecular weight is 409 g/mol. The first kappa shape index (κ1) is 20.7. The molecular formula is C23H25ClN4O. The molecule has 1 aromatic heterocycles. The number of anilines is 1. The summed E-state index contributed by atoms with van der Waals surface area (Å²) in [6.07, 6.45) is 3.28. The maximum absolute atomic E-state index is 12.6. The lowest BCUT2D eigenvalue weighted by atomic mass is 10.2. The normalized spacial score (nSPS) is 11.1. The Morgan fingerprint density at radius 3 is 2.34 bits per heavy atom. The molecule has 0 radical (unpaired) electrons. The molecule has 0 unspecified atom stereocenters. The molecule has 0 fully saturated rings. The Morgan fingerprint density at radius 1 is 1.07 bits per heavy atom. The summed E-state index contributed by atoms with van der Waals surface area (Å²) in [7, 11) is 5.79. The van der Waals surface area contributed by atoms with Gasteiger partial charge in [0.1, 0.15) is 5.15 Å². The highest BCUT2D eigenvalue weighted by Gasteiger charge is 2.13. The van der Waals surface area contributed by atoms with E-state index >= 15 is 0 Å². The average Bonchev–Trinajstić information content (AvgIpc) is 3.00. The molecule has 0 aliphatic rings. The van der Waals surface area contributed by atoms with Crippen LogP contribution < -0.4 is 4.90 Å². The van der Waals surface area contributed by atoms with Gasteiger partial charge in [-0.25, -0.2) is 4.68 Å². The Balaban J connectivity index is 1.71. The van der Waals surface area contributed by atoms with Crippen LogP contribution >= 0.6 is 11.6 Å². The maximum Gasteiger partial charge on any atom is 0.246 e. The lowest BCUT2D eigenvalue weighted by Gasteiger charge is -2.17. The molecule has 0 saturated heterocycles. The molecule has 0 aliphatic carbocycles. The number of likely N-dealkylation sites (N-methyl/N-ethyl adjacent to an activating group) is 1. The summed E-state index contributed by atoms with van der Waals surface area (Å²) >= 11 is 6.52. The smallest absolute Gasteiger partial charge is 0.246 e. The van der Waals surface area contributed by atoms with Crippen LogP contribution in [0.5, 0.6) is 0 Å². The van der Waals surface area contributed by atoms with Crippen molar-refractivity contribution in [3.8, 4) is 5.69 Å². The van der Waals surface area contributed by atoms with Crippen LogP contribution in [0, 0.1) is 6.92 Å². The van der Waals surface area contributed by atoms with E-state index in [9.17, 15) is 4.79 Å². The summed E-state index contributed by atoms with van der Waals surface area (Å²) < 4.78 is 1.68. The van der Waals surface area contributed by atoms with Crippen molar-refractivity contribution >= 4 is 29.3 Å². The van der Waals surface area contributed by atoms with Gasteiger partial charge in [0.15, 0.2) is 0 Å². The highest BCUT2D eigenvalue weighted by molar-refractivity contribution is 6.31. The lowest BCUT2D eigenvalue weighted by molar-refractivity contribution is -0.125. The van der Waals surface area contributed by atoms with E-state index in [1.165, 1.54) is 0 Å². The zero-order valence-electron chi connectivity index (χ0n) is 17.1. The number of halogens is 1. The quantitative estimate of drug-likeness (QED) is 0.561. The Labute approximate surface area is 176 Å². The van der Waals surface area contributed by atoms with Crippen LogP contribution in [0.4, 0.5) is 5.69 Å². The van der Waals surface area contributed by atoms with E-state index in [1.807, 2.05) is 80.5 Å². The van der Waals surface area contributed by atoms with Gasteiger partial charge in [-0.1, -0.05) is 41.9 Å². The third-order valence-corrected chi connectivity index (χ3v) is 5.05. The summed E-state index contributed by atoms with van der Waals surface area (Å²) in [6, 6.07) is 17.8. The molecule has 3 aromatic rings. The fourth-order valence-corrected chi connectivity index (χ4v) is 3.31. The second-order valence-electron chi connectivity index (χ2n) is 7.13. The Morgan fingerprint density at radius 2 is 1.72 bits per heavy atom. The molecule has 0 saturated carbocycles. The molecule has 0 spiro atoms. The van der Waals surface area contributed by atoms with Gasteiger partial charge in [-0.2, -0.15) is 5.10 Å². The number of aromatic nitrogens is 2. The monoisotopic (exact) mass is 408 g/mol. The van der Waals surface area contributed by atoms with Crippen molar-refractivity contribution in [3.63, 3.8) is 0 Å². The Hall–Kier alpha value is -3.05. The van der Waals surface area contributed by atoms with Gasteiger partial charge in [-0.3, -0.25) is 4.79 Å². The lowest BCUT2D eigenvalue weighted by Crippen LogP contribution is -2.24. The van der Waals surface area contributed by atoms with E-state index in [0.29, 0.717) is 11.7 Å². The first-order chi connectivity index (χ1) is 13.9. The Bertz CT molecular complexity index is 1010. The van der Waals surface area contributed by atoms with Gasteiger partial charge in [0, 0.05) is 45.0 Å². The van der Waals surface area contributed by atoms with Crippen LogP contribution in [0.1, 0.15) is 16.8 Å². The molecule has 0 N–H and O–H groups in total. The maximum atomic E-state index is 12.6. The third kappa shape index (κ3) is 4.87. The summed E-state index contributed by atoms with van der Waals surface area (Å²) in [4.78, 5) is 16.3. The van der Waals surface area contributed by atoms with Crippen molar-refractivity contribution in [2.75, 3.05) is 26.0 Å². The molecule has 0 aliphatic heterocycles. The fourth-order valence-electron chi connectivity index (χ4n) is 2.97. The number of amides is 1. The number of hydrogen-bond donors (Lipinski definition) is 0. The van der Waals surface area contributed by atoms with Crippen molar-refractivity contribution in [3.05, 3.63) is 82.6 Å². The second kappa shape index (κ2) is 8.97. The molecule has 5 nitrogen and oxygen atoms in total. The molecular weight excluding hydrogens is 384 g/mol. The van der Waals surface area contributed by atoms with E-state index in [0.717, 1.165) is 28.2 Å². The van der Waals surface area contributed by atoms with Gasteiger partial charge >= 0.3 is 0 Å². The van der Waals surface area contributed by atoms with Gasteiger partial charge in [0.2, 0.25) is 5.91 Å². The first-order valence-electron chi connectivity index (χ1n) is 9.37. The number of aryl methyl sites for hydroxylation is 1. The minimum absolute atomic E-state index is 0.0930. The molecule has 1 heterocycles. The number of benzene rings is 2. The number of para-hydroxylation sites is 1. The molecule has 3 rings (SSSR count). The van der Waals surface area contributed by atoms with Gasteiger partial charge in [-0.05, 0) is 42.8 Å². The molecule has 0 bridgehead atoms. The molecule has 150 valence electrons. The first-order valence-corrected chi connectivity index (χ1v) is 9.74. The zero-order chi connectivity index (χ0) is 21.0. The number of hydrogen-bond acceptors (Lipinski definition) is 3. The van der Waals surface area contributed by atoms with Crippen LogP contribution in [-0.2, 0) is 11.3 Å². The highest BCUT2D eigenvalue weighted by Crippen LogP contribution is 2.24. The van der Waals surface area contributed by atoms with Crippen molar-refractivity contribution in [2.45, 2.75) is 13.5 Å². The number of carbonyl (C=O) groups is 1. The third-order valence-electron chi connectivity index (χ3n) is 4.69. The van der Waals surface area contributed by atoms with Crippen LogP contribution in [0.2, 0.25) is 5.15 Å². The molecule has 29 heavy (non-hydrogen) atoms. The van der Waals surface area contributed by atoms with Crippen molar-refractivity contribution < 1.29 is 4.79 Å².